The van der Waals surface area contributed by atoms with Crippen LogP contribution in [-0.2, 0) is 10.0 Å². The number of amides is 1. The molecule has 0 spiro atoms. The molecule has 0 radical (unpaired) electrons. The zero-order valence-corrected chi connectivity index (χ0v) is 15.9. The topological polar surface area (TPSA) is 88.4 Å². The molecule has 7 heteroatoms. The Morgan fingerprint density at radius 1 is 1.21 bits per heavy atom. The molecule has 1 aliphatic carbocycles. The minimum Gasteiger partial charge on any atom is -0.438 e. The number of sulfonamides is 1. The highest BCUT2D eigenvalue weighted by atomic mass is 32.2. The number of nitrogens with one attached hydrogen (secondary N) is 2. The lowest BCUT2D eigenvalue weighted by molar-refractivity contribution is 0.0857. The summed E-state index contributed by atoms with van der Waals surface area (Å²) in [5, 5.41) is 2.74. The fraction of sp³-hybridized carbons (Fsp3) is 0.706. The van der Waals surface area contributed by atoms with Gasteiger partial charge in [0.2, 0.25) is 5.09 Å². The Bertz CT molecular complexity index is 688. The van der Waals surface area contributed by atoms with Crippen molar-refractivity contribution in [1.29, 1.82) is 0 Å². The molecule has 1 aromatic rings. The predicted molar refractivity (Wildman–Crippen MR) is 92.2 cm³/mol. The molecule has 1 saturated carbocycles. The molecular weight excluding hydrogens is 328 g/mol. The maximum absolute atomic E-state index is 12.4. The highest BCUT2D eigenvalue weighted by Crippen LogP contribution is 2.29. The van der Waals surface area contributed by atoms with Gasteiger partial charge in [0, 0.05) is 11.6 Å². The van der Waals surface area contributed by atoms with Crippen LogP contribution in [0.25, 0.3) is 0 Å². The molecule has 2 rings (SSSR count). The summed E-state index contributed by atoms with van der Waals surface area (Å²) in [5.41, 5.74) is -0.623. The van der Waals surface area contributed by atoms with Crippen molar-refractivity contribution < 1.29 is 17.6 Å². The summed E-state index contributed by atoms with van der Waals surface area (Å²) in [6.07, 6.45) is 3.20. The first-order valence-electron chi connectivity index (χ1n) is 8.44. The molecule has 136 valence electrons. The van der Waals surface area contributed by atoms with Gasteiger partial charge in [-0.1, -0.05) is 26.7 Å². The number of carbonyl (C=O) groups excluding carboxylic acids is 1. The van der Waals surface area contributed by atoms with Crippen LogP contribution in [0.2, 0.25) is 0 Å². The summed E-state index contributed by atoms with van der Waals surface area (Å²) in [6.45, 7) is 9.56. The Hall–Kier alpha value is -1.34. The second-order valence-corrected chi connectivity index (χ2v) is 9.43. The lowest BCUT2D eigenvalue weighted by atomic mass is 9.78. The summed E-state index contributed by atoms with van der Waals surface area (Å²) < 4.78 is 32.3. The maximum Gasteiger partial charge on any atom is 0.287 e. The highest BCUT2D eigenvalue weighted by molar-refractivity contribution is 7.89. The molecule has 1 aliphatic rings. The number of carbonyl (C=O) groups is 1. The normalized spacial score (nSPS) is 25.5. The lowest BCUT2D eigenvalue weighted by Gasteiger charge is -2.34. The Labute approximate surface area is 144 Å². The van der Waals surface area contributed by atoms with Crippen LogP contribution < -0.4 is 10.0 Å². The molecule has 0 unspecified atom stereocenters. The van der Waals surface area contributed by atoms with E-state index in [0.29, 0.717) is 11.8 Å². The van der Waals surface area contributed by atoms with Crippen molar-refractivity contribution in [1.82, 2.24) is 10.0 Å². The van der Waals surface area contributed by atoms with E-state index in [1.54, 1.807) is 20.8 Å². The Morgan fingerprint density at radius 2 is 1.88 bits per heavy atom. The van der Waals surface area contributed by atoms with E-state index in [9.17, 15) is 13.2 Å². The molecule has 1 aromatic heterocycles. The van der Waals surface area contributed by atoms with Crippen molar-refractivity contribution in [3.8, 4) is 0 Å². The van der Waals surface area contributed by atoms with Gasteiger partial charge in [-0.05, 0) is 51.2 Å². The highest BCUT2D eigenvalue weighted by Gasteiger charge is 2.30. The standard InChI is InChI=1S/C17H28N2O4S/c1-11-7-6-8-13(12(11)2)18-16(20)14-9-10-15(23-14)24(21,22)19-17(3,4)5/h9-13,19H,6-8H2,1-5H3,(H,18,20)/t11-,12-,13+/m1/s1. The monoisotopic (exact) mass is 356 g/mol. The van der Waals surface area contributed by atoms with E-state index < -0.39 is 15.6 Å². The Morgan fingerprint density at radius 3 is 2.50 bits per heavy atom. The van der Waals surface area contributed by atoms with Crippen LogP contribution in [-0.4, -0.2) is 25.9 Å². The van der Waals surface area contributed by atoms with Gasteiger partial charge in [0.25, 0.3) is 15.9 Å². The van der Waals surface area contributed by atoms with Crippen LogP contribution in [0.1, 0.15) is 64.4 Å². The lowest BCUT2D eigenvalue weighted by Crippen LogP contribution is -2.43. The molecule has 0 aromatic carbocycles. The van der Waals surface area contributed by atoms with Crippen molar-refractivity contribution in [3.63, 3.8) is 0 Å². The SMILES string of the molecule is C[C@@H]1[C@H](C)CCC[C@@H]1NC(=O)c1ccc(S(=O)(=O)NC(C)(C)C)o1. The third kappa shape index (κ3) is 4.60. The first-order chi connectivity index (χ1) is 11.0. The summed E-state index contributed by atoms with van der Waals surface area (Å²) in [6, 6.07) is 2.82. The second kappa shape index (κ2) is 6.88. The van der Waals surface area contributed by atoms with Crippen LogP contribution in [0, 0.1) is 11.8 Å². The van der Waals surface area contributed by atoms with E-state index in [2.05, 4.69) is 23.9 Å². The minimum atomic E-state index is -3.78. The largest absolute Gasteiger partial charge is 0.438 e. The van der Waals surface area contributed by atoms with Gasteiger partial charge in [-0.3, -0.25) is 4.79 Å². The van der Waals surface area contributed by atoms with E-state index in [0.717, 1.165) is 12.8 Å². The molecule has 0 saturated heterocycles. The first kappa shape index (κ1) is 19.0. The number of hydrogen-bond acceptors (Lipinski definition) is 4. The van der Waals surface area contributed by atoms with E-state index >= 15 is 0 Å². The molecule has 1 heterocycles. The van der Waals surface area contributed by atoms with Gasteiger partial charge in [0.1, 0.15) is 0 Å². The zero-order chi connectivity index (χ0) is 18.1. The second-order valence-electron chi connectivity index (χ2n) is 7.82. The Balaban J connectivity index is 2.08. The van der Waals surface area contributed by atoms with Gasteiger partial charge >= 0.3 is 0 Å². The smallest absolute Gasteiger partial charge is 0.287 e. The van der Waals surface area contributed by atoms with Crippen LogP contribution >= 0.6 is 0 Å². The van der Waals surface area contributed by atoms with Crippen LogP contribution in [0.15, 0.2) is 21.6 Å². The van der Waals surface area contributed by atoms with Gasteiger partial charge in [-0.25, -0.2) is 13.1 Å². The van der Waals surface area contributed by atoms with Crippen molar-refractivity contribution in [2.45, 2.75) is 70.6 Å². The van der Waals surface area contributed by atoms with Crippen LogP contribution in [0.5, 0.6) is 0 Å². The number of furan rings is 1. The van der Waals surface area contributed by atoms with Crippen molar-refractivity contribution in [2.24, 2.45) is 11.8 Å². The molecule has 1 amide bonds. The van der Waals surface area contributed by atoms with Gasteiger partial charge in [-0.2, -0.15) is 0 Å². The molecule has 24 heavy (non-hydrogen) atoms. The molecule has 6 nitrogen and oxygen atoms in total. The summed E-state index contributed by atoms with van der Waals surface area (Å²) in [7, 11) is -3.78. The van der Waals surface area contributed by atoms with E-state index in [4.69, 9.17) is 4.42 Å². The zero-order valence-electron chi connectivity index (χ0n) is 15.0. The van der Waals surface area contributed by atoms with E-state index in [1.165, 1.54) is 18.6 Å². The van der Waals surface area contributed by atoms with Crippen molar-refractivity contribution in [2.75, 3.05) is 0 Å². The van der Waals surface area contributed by atoms with E-state index in [-0.39, 0.29) is 22.8 Å². The first-order valence-corrected chi connectivity index (χ1v) is 9.92. The quantitative estimate of drug-likeness (QED) is 0.868. The van der Waals surface area contributed by atoms with E-state index in [1.807, 2.05) is 0 Å². The summed E-state index contributed by atoms with van der Waals surface area (Å²) in [5.74, 6) is 0.615. The molecular formula is C17H28N2O4S. The van der Waals surface area contributed by atoms with Crippen LogP contribution in [0.4, 0.5) is 0 Å². The van der Waals surface area contributed by atoms with Gasteiger partial charge in [0.05, 0.1) is 0 Å². The summed E-state index contributed by atoms with van der Waals surface area (Å²) >= 11 is 0. The molecule has 1 fully saturated rings. The minimum absolute atomic E-state index is 0.0229. The van der Waals surface area contributed by atoms with Crippen molar-refractivity contribution >= 4 is 15.9 Å². The maximum atomic E-state index is 12.4. The molecule has 0 aliphatic heterocycles. The third-order valence-corrected chi connectivity index (χ3v) is 6.16. The van der Waals surface area contributed by atoms with Gasteiger partial charge in [-0.15, -0.1) is 0 Å². The van der Waals surface area contributed by atoms with Gasteiger partial charge in [0.15, 0.2) is 5.76 Å². The fourth-order valence-electron chi connectivity index (χ4n) is 3.07. The molecule has 2 N–H and O–H groups in total. The summed E-state index contributed by atoms with van der Waals surface area (Å²) in [4.78, 5) is 12.4. The van der Waals surface area contributed by atoms with Crippen LogP contribution in [0.3, 0.4) is 0 Å². The van der Waals surface area contributed by atoms with Gasteiger partial charge < -0.3 is 9.73 Å². The van der Waals surface area contributed by atoms with Crippen molar-refractivity contribution in [3.05, 3.63) is 17.9 Å². The fourth-order valence-corrected chi connectivity index (χ4v) is 4.42. The predicted octanol–water partition coefficient (Wildman–Crippen LogP) is 2.91. The number of rotatable bonds is 4. The average molecular weight is 356 g/mol. The molecule has 3 atom stereocenters. The number of hydrogen-bond donors (Lipinski definition) is 2. The Kier molecular flexibility index (Phi) is 5.44. The molecule has 0 bridgehead atoms. The average Bonchev–Trinajstić information content (AvgIpc) is 2.92. The third-order valence-electron chi connectivity index (χ3n) is 4.53.